The SMILES string of the molecule is CC1CCC[C@@H]2CCCC(CCCCCC(=O)O)C12. The van der Waals surface area contributed by atoms with Crippen molar-refractivity contribution in [2.75, 3.05) is 0 Å². The molecule has 2 rings (SSSR count). The number of carboxylic acids is 1. The van der Waals surface area contributed by atoms with Crippen LogP contribution in [-0.4, -0.2) is 11.1 Å². The maximum absolute atomic E-state index is 10.5. The number of hydrogen-bond donors (Lipinski definition) is 1. The van der Waals surface area contributed by atoms with E-state index in [-0.39, 0.29) is 0 Å². The van der Waals surface area contributed by atoms with Crippen molar-refractivity contribution in [3.8, 4) is 0 Å². The van der Waals surface area contributed by atoms with E-state index in [9.17, 15) is 4.79 Å². The Balaban J connectivity index is 1.73. The minimum atomic E-state index is -0.640. The number of carboxylic acid groups (broad SMARTS) is 1. The van der Waals surface area contributed by atoms with Crippen LogP contribution in [0.25, 0.3) is 0 Å². The molecule has 110 valence electrons. The standard InChI is InChI=1S/C17H30O2/c1-13-7-5-9-15-11-6-10-14(17(13)15)8-3-2-4-12-16(18)19/h13-15,17H,2-12H2,1H3,(H,18,19)/t13?,14?,15-,17?/m1/s1. The second-order valence-corrected chi connectivity index (χ2v) is 6.93. The molecule has 0 aromatic rings. The fraction of sp³-hybridized carbons (Fsp3) is 0.941. The van der Waals surface area contributed by atoms with Gasteiger partial charge >= 0.3 is 5.97 Å². The number of carbonyl (C=O) groups is 1. The van der Waals surface area contributed by atoms with Crippen molar-refractivity contribution in [1.29, 1.82) is 0 Å². The Hall–Kier alpha value is -0.530. The molecule has 2 fully saturated rings. The number of unbranched alkanes of at least 4 members (excludes halogenated alkanes) is 2. The van der Waals surface area contributed by atoms with Crippen molar-refractivity contribution in [2.24, 2.45) is 23.7 Å². The molecule has 0 aliphatic heterocycles. The lowest BCUT2D eigenvalue weighted by molar-refractivity contribution is -0.137. The summed E-state index contributed by atoms with van der Waals surface area (Å²) in [4.78, 5) is 10.5. The summed E-state index contributed by atoms with van der Waals surface area (Å²) in [5.74, 6) is 3.24. The van der Waals surface area contributed by atoms with Gasteiger partial charge in [-0.1, -0.05) is 64.7 Å². The molecule has 2 nitrogen and oxygen atoms in total. The Bertz CT molecular complexity index is 285. The Morgan fingerprint density at radius 2 is 1.79 bits per heavy atom. The van der Waals surface area contributed by atoms with Crippen LogP contribution in [0.15, 0.2) is 0 Å². The van der Waals surface area contributed by atoms with E-state index in [1.54, 1.807) is 0 Å². The highest BCUT2D eigenvalue weighted by Gasteiger charge is 2.38. The third-order valence-corrected chi connectivity index (χ3v) is 5.60. The molecule has 2 saturated carbocycles. The summed E-state index contributed by atoms with van der Waals surface area (Å²) in [5.41, 5.74) is 0. The van der Waals surface area contributed by atoms with Gasteiger partial charge in [0.15, 0.2) is 0 Å². The van der Waals surface area contributed by atoms with Crippen LogP contribution in [-0.2, 0) is 4.79 Å². The highest BCUT2D eigenvalue weighted by Crippen LogP contribution is 2.48. The molecule has 0 aromatic heterocycles. The summed E-state index contributed by atoms with van der Waals surface area (Å²) < 4.78 is 0. The summed E-state index contributed by atoms with van der Waals surface area (Å²) >= 11 is 0. The summed E-state index contributed by atoms with van der Waals surface area (Å²) in [7, 11) is 0. The van der Waals surface area contributed by atoms with Crippen LogP contribution in [0.2, 0.25) is 0 Å². The fourth-order valence-electron chi connectivity index (χ4n) is 4.77. The summed E-state index contributed by atoms with van der Waals surface area (Å²) in [6, 6.07) is 0. The van der Waals surface area contributed by atoms with Crippen molar-refractivity contribution in [2.45, 2.75) is 77.6 Å². The molecule has 2 aliphatic rings. The molecule has 0 bridgehead atoms. The lowest BCUT2D eigenvalue weighted by atomic mass is 9.60. The van der Waals surface area contributed by atoms with Crippen LogP contribution in [0.5, 0.6) is 0 Å². The van der Waals surface area contributed by atoms with Crippen molar-refractivity contribution in [1.82, 2.24) is 0 Å². The molecule has 19 heavy (non-hydrogen) atoms. The van der Waals surface area contributed by atoms with Crippen molar-refractivity contribution in [3.05, 3.63) is 0 Å². The van der Waals surface area contributed by atoms with Gasteiger partial charge < -0.3 is 5.11 Å². The van der Waals surface area contributed by atoms with E-state index in [1.165, 1.54) is 51.4 Å². The summed E-state index contributed by atoms with van der Waals surface area (Å²) in [6.07, 6.45) is 13.6. The van der Waals surface area contributed by atoms with E-state index in [0.717, 1.165) is 36.5 Å². The number of aliphatic carboxylic acids is 1. The molecule has 1 N–H and O–H groups in total. The van der Waals surface area contributed by atoms with E-state index in [0.29, 0.717) is 6.42 Å². The first-order valence-electron chi connectivity index (χ1n) is 8.40. The average molecular weight is 266 g/mol. The van der Waals surface area contributed by atoms with E-state index in [2.05, 4.69) is 6.92 Å². The first-order chi connectivity index (χ1) is 9.18. The monoisotopic (exact) mass is 266 g/mol. The Kier molecular flexibility index (Phi) is 5.72. The smallest absolute Gasteiger partial charge is 0.303 e. The van der Waals surface area contributed by atoms with Crippen LogP contribution in [0.4, 0.5) is 0 Å². The van der Waals surface area contributed by atoms with Gasteiger partial charge in [-0.05, 0) is 30.1 Å². The predicted octanol–water partition coefficient (Wildman–Crippen LogP) is 4.87. The highest BCUT2D eigenvalue weighted by atomic mass is 16.4. The van der Waals surface area contributed by atoms with E-state index >= 15 is 0 Å². The lowest BCUT2D eigenvalue weighted by Gasteiger charge is -2.45. The number of fused-ring (bicyclic) bond motifs is 1. The largest absolute Gasteiger partial charge is 0.481 e. The van der Waals surface area contributed by atoms with Crippen LogP contribution in [0, 0.1) is 23.7 Å². The van der Waals surface area contributed by atoms with Gasteiger partial charge in [-0.3, -0.25) is 4.79 Å². The van der Waals surface area contributed by atoms with E-state index in [1.807, 2.05) is 0 Å². The summed E-state index contributed by atoms with van der Waals surface area (Å²) in [6.45, 7) is 2.47. The highest BCUT2D eigenvalue weighted by molar-refractivity contribution is 5.66. The lowest BCUT2D eigenvalue weighted by Crippen LogP contribution is -2.36. The van der Waals surface area contributed by atoms with Gasteiger partial charge in [-0.15, -0.1) is 0 Å². The summed E-state index contributed by atoms with van der Waals surface area (Å²) in [5, 5.41) is 8.65. The van der Waals surface area contributed by atoms with Gasteiger partial charge in [0.2, 0.25) is 0 Å². The van der Waals surface area contributed by atoms with Crippen LogP contribution in [0.3, 0.4) is 0 Å². The van der Waals surface area contributed by atoms with Crippen LogP contribution in [0.1, 0.15) is 77.6 Å². The maximum atomic E-state index is 10.5. The molecule has 3 unspecified atom stereocenters. The quantitative estimate of drug-likeness (QED) is 0.696. The third kappa shape index (κ3) is 4.22. The van der Waals surface area contributed by atoms with Crippen molar-refractivity contribution in [3.63, 3.8) is 0 Å². The van der Waals surface area contributed by atoms with Crippen LogP contribution >= 0.6 is 0 Å². The fourth-order valence-corrected chi connectivity index (χ4v) is 4.77. The Morgan fingerprint density at radius 3 is 2.53 bits per heavy atom. The zero-order chi connectivity index (χ0) is 13.7. The second kappa shape index (κ2) is 7.31. The molecule has 0 saturated heterocycles. The minimum absolute atomic E-state index is 0.354. The van der Waals surface area contributed by atoms with E-state index in [4.69, 9.17) is 5.11 Å². The molecular weight excluding hydrogens is 236 g/mol. The van der Waals surface area contributed by atoms with Gasteiger partial charge in [0, 0.05) is 6.42 Å². The Labute approximate surface area is 118 Å². The molecule has 0 aromatic carbocycles. The molecule has 2 heteroatoms. The second-order valence-electron chi connectivity index (χ2n) is 6.93. The third-order valence-electron chi connectivity index (χ3n) is 5.60. The first kappa shape index (κ1) is 14.9. The van der Waals surface area contributed by atoms with E-state index < -0.39 is 5.97 Å². The van der Waals surface area contributed by atoms with Gasteiger partial charge in [0.05, 0.1) is 0 Å². The van der Waals surface area contributed by atoms with Crippen molar-refractivity contribution < 1.29 is 9.90 Å². The molecule has 4 atom stereocenters. The number of hydrogen-bond acceptors (Lipinski definition) is 1. The Morgan fingerprint density at radius 1 is 1.05 bits per heavy atom. The van der Waals surface area contributed by atoms with Gasteiger partial charge in [0.1, 0.15) is 0 Å². The zero-order valence-electron chi connectivity index (χ0n) is 12.4. The van der Waals surface area contributed by atoms with Crippen LogP contribution < -0.4 is 0 Å². The first-order valence-corrected chi connectivity index (χ1v) is 8.40. The molecule has 2 aliphatic carbocycles. The topological polar surface area (TPSA) is 37.3 Å². The predicted molar refractivity (Wildman–Crippen MR) is 78.1 cm³/mol. The normalized spacial score (nSPS) is 34.8. The molecular formula is C17H30O2. The number of rotatable bonds is 6. The van der Waals surface area contributed by atoms with Gasteiger partial charge in [-0.25, -0.2) is 0 Å². The average Bonchev–Trinajstić information content (AvgIpc) is 2.38. The van der Waals surface area contributed by atoms with Gasteiger partial charge in [0.25, 0.3) is 0 Å². The van der Waals surface area contributed by atoms with Gasteiger partial charge in [-0.2, -0.15) is 0 Å². The zero-order valence-corrected chi connectivity index (χ0v) is 12.4. The molecule has 0 heterocycles. The molecule has 0 amide bonds. The van der Waals surface area contributed by atoms with Crippen molar-refractivity contribution >= 4 is 5.97 Å². The molecule has 0 radical (unpaired) electrons. The maximum Gasteiger partial charge on any atom is 0.303 e. The molecule has 0 spiro atoms. The minimum Gasteiger partial charge on any atom is -0.481 e.